The number of urea groups is 1. The summed E-state index contributed by atoms with van der Waals surface area (Å²) in [7, 11) is 0. The molecular formula is C19H23N3O3. The Bertz CT molecular complexity index is 741. The van der Waals surface area contributed by atoms with E-state index in [1.807, 2.05) is 24.3 Å². The van der Waals surface area contributed by atoms with Crippen molar-refractivity contribution in [1.82, 2.24) is 15.5 Å². The first-order valence-corrected chi connectivity index (χ1v) is 8.05. The normalized spacial score (nSPS) is 20.2. The molecule has 0 aromatic heterocycles. The van der Waals surface area contributed by atoms with Gasteiger partial charge in [-0.25, -0.2) is 4.79 Å². The largest absolute Gasteiger partial charge is 0.344 e. The Morgan fingerprint density at radius 2 is 1.88 bits per heavy atom. The van der Waals surface area contributed by atoms with Crippen LogP contribution in [-0.2, 0) is 20.5 Å². The highest BCUT2D eigenvalue weighted by Gasteiger charge is 2.49. The van der Waals surface area contributed by atoms with Gasteiger partial charge in [0.15, 0.2) is 0 Å². The molecule has 6 nitrogen and oxygen atoms in total. The monoisotopic (exact) mass is 341 g/mol. The molecule has 4 amide bonds. The van der Waals surface area contributed by atoms with Gasteiger partial charge in [-0.3, -0.25) is 14.5 Å². The number of benzene rings is 1. The molecule has 6 heteroatoms. The van der Waals surface area contributed by atoms with Crippen molar-refractivity contribution < 1.29 is 14.4 Å². The van der Waals surface area contributed by atoms with Crippen LogP contribution in [0.15, 0.2) is 24.3 Å². The van der Waals surface area contributed by atoms with Gasteiger partial charge in [0, 0.05) is 0 Å². The molecular weight excluding hydrogens is 318 g/mol. The fourth-order valence-corrected chi connectivity index (χ4v) is 2.69. The number of carbonyl (C=O) groups excluding carboxylic acids is 3. The number of hydrogen-bond donors (Lipinski definition) is 2. The second-order valence-electron chi connectivity index (χ2n) is 7.25. The van der Waals surface area contributed by atoms with Gasteiger partial charge >= 0.3 is 6.03 Å². The molecule has 0 spiro atoms. The summed E-state index contributed by atoms with van der Waals surface area (Å²) in [6, 6.07) is 6.97. The predicted octanol–water partition coefficient (Wildman–Crippen LogP) is 1.50. The highest BCUT2D eigenvalue weighted by Crippen LogP contribution is 2.30. The van der Waals surface area contributed by atoms with E-state index in [-0.39, 0.29) is 18.5 Å². The summed E-state index contributed by atoms with van der Waals surface area (Å²) in [6.45, 7) is 7.63. The lowest BCUT2D eigenvalue weighted by atomic mass is 9.84. The number of imide groups is 1. The van der Waals surface area contributed by atoms with Crippen molar-refractivity contribution in [2.24, 2.45) is 0 Å². The number of rotatable bonds is 4. The summed E-state index contributed by atoms with van der Waals surface area (Å²) in [5.74, 6) is 1.33. The molecule has 132 valence electrons. The maximum Gasteiger partial charge on any atom is 0.325 e. The summed E-state index contributed by atoms with van der Waals surface area (Å²) in [5, 5.41) is 5.13. The van der Waals surface area contributed by atoms with E-state index in [9.17, 15) is 14.4 Å². The average molecular weight is 341 g/mol. The summed E-state index contributed by atoms with van der Waals surface area (Å²) >= 11 is 0. The maximum atomic E-state index is 12.8. The molecule has 1 aromatic rings. The Morgan fingerprint density at radius 3 is 2.40 bits per heavy atom. The van der Waals surface area contributed by atoms with Crippen molar-refractivity contribution >= 4 is 17.8 Å². The molecule has 1 fully saturated rings. The predicted molar refractivity (Wildman–Crippen MR) is 94.6 cm³/mol. The zero-order chi connectivity index (χ0) is 18.8. The zero-order valence-electron chi connectivity index (χ0n) is 15.0. The molecule has 0 bridgehead atoms. The molecule has 2 N–H and O–H groups in total. The quantitative estimate of drug-likeness (QED) is 0.643. The molecule has 2 rings (SSSR count). The van der Waals surface area contributed by atoms with Crippen molar-refractivity contribution in [1.29, 1.82) is 0 Å². The van der Waals surface area contributed by atoms with E-state index < -0.39 is 23.4 Å². The lowest BCUT2D eigenvalue weighted by molar-refractivity contribution is -0.134. The number of carbonyl (C=O) groups is 3. The zero-order valence-corrected chi connectivity index (χ0v) is 15.0. The van der Waals surface area contributed by atoms with Gasteiger partial charge in [0.2, 0.25) is 5.91 Å². The summed E-state index contributed by atoms with van der Waals surface area (Å²) in [4.78, 5) is 37.6. The van der Waals surface area contributed by atoms with E-state index in [1.54, 1.807) is 6.92 Å². The fraction of sp³-hybridized carbons (Fsp3) is 0.421. The van der Waals surface area contributed by atoms with Crippen molar-refractivity contribution in [3.63, 3.8) is 0 Å². The second-order valence-corrected chi connectivity index (χ2v) is 7.25. The highest BCUT2D eigenvalue weighted by atomic mass is 16.2. The van der Waals surface area contributed by atoms with Crippen LogP contribution in [-0.4, -0.2) is 35.8 Å². The minimum atomic E-state index is -1.19. The van der Waals surface area contributed by atoms with Crippen LogP contribution in [0.25, 0.3) is 0 Å². The van der Waals surface area contributed by atoms with Crippen LogP contribution in [0, 0.1) is 12.3 Å². The van der Waals surface area contributed by atoms with E-state index in [0.29, 0.717) is 5.56 Å². The lowest BCUT2D eigenvalue weighted by Crippen LogP contribution is -2.43. The second kappa shape index (κ2) is 6.60. The molecule has 0 radical (unpaired) electrons. The van der Waals surface area contributed by atoms with Crippen LogP contribution >= 0.6 is 0 Å². The van der Waals surface area contributed by atoms with Crippen molar-refractivity contribution in [2.45, 2.75) is 38.6 Å². The van der Waals surface area contributed by atoms with Gasteiger partial charge in [0.25, 0.3) is 5.91 Å². The Labute approximate surface area is 148 Å². The number of terminal acetylenes is 1. The van der Waals surface area contributed by atoms with Crippen LogP contribution in [0.3, 0.4) is 0 Å². The Morgan fingerprint density at radius 1 is 1.28 bits per heavy atom. The van der Waals surface area contributed by atoms with Crippen molar-refractivity contribution in [3.8, 4) is 12.3 Å². The highest BCUT2D eigenvalue weighted by molar-refractivity contribution is 6.09. The topological polar surface area (TPSA) is 78.5 Å². The third kappa shape index (κ3) is 3.66. The summed E-state index contributed by atoms with van der Waals surface area (Å²) in [6.07, 6.45) is 5.08. The summed E-state index contributed by atoms with van der Waals surface area (Å²) < 4.78 is 0. The maximum absolute atomic E-state index is 12.8. The number of nitrogens with one attached hydrogen (secondary N) is 2. The van der Waals surface area contributed by atoms with Gasteiger partial charge in [-0.2, -0.15) is 0 Å². The van der Waals surface area contributed by atoms with E-state index in [1.165, 1.54) is 0 Å². The molecule has 1 saturated heterocycles. The molecule has 1 aliphatic heterocycles. The third-order valence-electron chi connectivity index (χ3n) is 4.29. The number of nitrogens with zero attached hydrogens (tertiary/aromatic N) is 1. The van der Waals surface area contributed by atoms with Gasteiger partial charge in [-0.1, -0.05) is 51.0 Å². The summed E-state index contributed by atoms with van der Waals surface area (Å²) in [5.41, 5.74) is 0.594. The SMILES string of the molecule is C#CCNC(=O)CN1C(=O)NC(C)(c2ccc(C(C)(C)C)cc2)C1=O. The van der Waals surface area contributed by atoms with Gasteiger partial charge in [-0.05, 0) is 23.5 Å². The molecule has 0 aliphatic carbocycles. The standard InChI is InChI=1S/C19H23N3O3/c1-6-11-20-15(23)12-22-16(24)19(5,21-17(22)25)14-9-7-13(8-10-14)18(2,3)4/h1,7-10H,11-12H2,2-5H3,(H,20,23)(H,21,25). The first-order valence-electron chi connectivity index (χ1n) is 8.05. The first kappa shape index (κ1) is 18.5. The Balaban J connectivity index is 2.22. The van der Waals surface area contributed by atoms with Gasteiger partial charge < -0.3 is 10.6 Å². The van der Waals surface area contributed by atoms with E-state index >= 15 is 0 Å². The van der Waals surface area contributed by atoms with Gasteiger partial charge in [0.05, 0.1) is 6.54 Å². The first-order chi connectivity index (χ1) is 11.6. The molecule has 1 aromatic carbocycles. The van der Waals surface area contributed by atoms with Gasteiger partial charge in [-0.15, -0.1) is 6.42 Å². The number of hydrogen-bond acceptors (Lipinski definition) is 3. The molecule has 1 heterocycles. The molecule has 1 unspecified atom stereocenters. The molecule has 1 aliphatic rings. The van der Waals surface area contributed by atoms with Crippen LogP contribution < -0.4 is 10.6 Å². The molecule has 1 atom stereocenters. The minimum Gasteiger partial charge on any atom is -0.344 e. The third-order valence-corrected chi connectivity index (χ3v) is 4.29. The van der Waals surface area contributed by atoms with Crippen molar-refractivity contribution in [3.05, 3.63) is 35.4 Å². The van der Waals surface area contributed by atoms with Crippen LogP contribution in [0.1, 0.15) is 38.8 Å². The van der Waals surface area contributed by atoms with Crippen LogP contribution in [0.2, 0.25) is 0 Å². The van der Waals surface area contributed by atoms with E-state index in [0.717, 1.165) is 10.5 Å². The van der Waals surface area contributed by atoms with Crippen LogP contribution in [0.5, 0.6) is 0 Å². The smallest absolute Gasteiger partial charge is 0.325 e. The van der Waals surface area contributed by atoms with E-state index in [4.69, 9.17) is 6.42 Å². The van der Waals surface area contributed by atoms with Crippen molar-refractivity contribution in [2.75, 3.05) is 13.1 Å². The Kier molecular flexibility index (Phi) is 4.89. The van der Waals surface area contributed by atoms with Crippen LogP contribution in [0.4, 0.5) is 4.79 Å². The van der Waals surface area contributed by atoms with E-state index in [2.05, 4.69) is 37.3 Å². The van der Waals surface area contributed by atoms with Gasteiger partial charge in [0.1, 0.15) is 12.1 Å². The lowest BCUT2D eigenvalue weighted by Gasteiger charge is -2.24. The number of amides is 4. The minimum absolute atomic E-state index is 0.0104. The average Bonchev–Trinajstić information content (AvgIpc) is 2.76. The fourth-order valence-electron chi connectivity index (χ4n) is 2.69. The molecule has 0 saturated carbocycles. The Hall–Kier alpha value is -2.81. The molecule has 25 heavy (non-hydrogen) atoms.